The fourth-order valence-corrected chi connectivity index (χ4v) is 2.47. The number of ether oxygens (including phenoxy) is 1. The Morgan fingerprint density at radius 3 is 2.52 bits per heavy atom. The molecule has 1 aliphatic heterocycles. The van der Waals surface area contributed by atoms with E-state index >= 15 is 0 Å². The van der Waals surface area contributed by atoms with Crippen LogP contribution in [0.3, 0.4) is 0 Å². The summed E-state index contributed by atoms with van der Waals surface area (Å²) in [6.45, 7) is 11.5. The second kappa shape index (κ2) is 8.71. The summed E-state index contributed by atoms with van der Waals surface area (Å²) in [7, 11) is 0. The molecule has 1 rings (SSSR count). The fourth-order valence-electron chi connectivity index (χ4n) is 2.47. The van der Waals surface area contributed by atoms with Crippen LogP contribution in [0.15, 0.2) is 0 Å². The van der Waals surface area contributed by atoms with Gasteiger partial charge in [-0.3, -0.25) is 4.79 Å². The van der Waals surface area contributed by atoms with Gasteiger partial charge in [0.25, 0.3) is 0 Å². The number of nitrogens with zero attached hydrogens (tertiary/aromatic N) is 1. The maximum atomic E-state index is 11.9. The van der Waals surface area contributed by atoms with E-state index in [4.69, 9.17) is 4.74 Å². The van der Waals surface area contributed by atoms with Gasteiger partial charge in [-0.2, -0.15) is 0 Å². The lowest BCUT2D eigenvalue weighted by molar-refractivity contribution is -0.126. The molecular weight excluding hydrogens is 268 g/mol. The Morgan fingerprint density at radius 2 is 2.00 bits per heavy atom. The molecule has 1 aliphatic rings. The number of hydrogen-bond acceptors (Lipinski definition) is 4. The van der Waals surface area contributed by atoms with E-state index in [1.807, 2.05) is 20.8 Å². The van der Waals surface area contributed by atoms with E-state index < -0.39 is 6.10 Å². The number of hydrogen-bond donors (Lipinski definition) is 2. The highest BCUT2D eigenvalue weighted by Gasteiger charge is 2.26. The van der Waals surface area contributed by atoms with Gasteiger partial charge in [-0.05, 0) is 53.1 Å². The molecule has 1 unspecified atom stereocenters. The average Bonchev–Trinajstić information content (AvgIpc) is 2.42. The van der Waals surface area contributed by atoms with Crippen LogP contribution >= 0.6 is 0 Å². The minimum Gasteiger partial charge on any atom is -0.389 e. The van der Waals surface area contributed by atoms with Gasteiger partial charge in [0, 0.05) is 19.0 Å². The lowest BCUT2D eigenvalue weighted by Gasteiger charge is -2.33. The zero-order chi connectivity index (χ0) is 15.9. The number of β-amino-alcohol motifs (C(OH)–C–C–N with tert-alkyl or cyclic N) is 1. The SMILES string of the molecule is CCCNC(=O)C1CCN(CC(O)COC(C)(C)C)CC1. The normalized spacial score (nSPS) is 19.5. The van der Waals surface area contributed by atoms with Crippen LogP contribution in [0.4, 0.5) is 0 Å². The number of nitrogens with one attached hydrogen (secondary N) is 1. The van der Waals surface area contributed by atoms with Gasteiger partial charge >= 0.3 is 0 Å². The molecule has 0 saturated carbocycles. The fraction of sp³-hybridized carbons (Fsp3) is 0.938. The topological polar surface area (TPSA) is 61.8 Å². The minimum absolute atomic E-state index is 0.135. The molecular formula is C16H32N2O3. The molecule has 5 nitrogen and oxygen atoms in total. The number of carbonyl (C=O) groups excluding carboxylic acids is 1. The lowest BCUT2D eigenvalue weighted by atomic mass is 9.95. The number of amides is 1. The maximum Gasteiger partial charge on any atom is 0.223 e. The Kier molecular flexibility index (Phi) is 7.63. The van der Waals surface area contributed by atoms with E-state index in [1.165, 1.54) is 0 Å². The third kappa shape index (κ3) is 7.79. The van der Waals surface area contributed by atoms with Gasteiger partial charge in [-0.1, -0.05) is 6.92 Å². The molecule has 5 heteroatoms. The first-order valence-electron chi connectivity index (χ1n) is 8.14. The maximum absolute atomic E-state index is 11.9. The van der Waals surface area contributed by atoms with Crippen LogP contribution in [0, 0.1) is 5.92 Å². The summed E-state index contributed by atoms with van der Waals surface area (Å²) in [6.07, 6.45) is 2.27. The van der Waals surface area contributed by atoms with Gasteiger partial charge in [0.1, 0.15) is 0 Å². The first kappa shape index (κ1) is 18.4. The zero-order valence-electron chi connectivity index (χ0n) is 14.0. The lowest BCUT2D eigenvalue weighted by Crippen LogP contribution is -2.44. The molecule has 1 amide bonds. The zero-order valence-corrected chi connectivity index (χ0v) is 14.0. The van der Waals surface area contributed by atoms with Gasteiger partial charge in [0.15, 0.2) is 0 Å². The predicted molar refractivity (Wildman–Crippen MR) is 84.2 cm³/mol. The molecule has 0 spiro atoms. The molecule has 1 atom stereocenters. The third-order valence-corrected chi connectivity index (χ3v) is 3.69. The van der Waals surface area contributed by atoms with Crippen molar-refractivity contribution >= 4 is 5.91 Å². The van der Waals surface area contributed by atoms with Gasteiger partial charge in [-0.25, -0.2) is 0 Å². The summed E-state index contributed by atoms with van der Waals surface area (Å²) in [4.78, 5) is 14.1. The Morgan fingerprint density at radius 1 is 1.38 bits per heavy atom. The third-order valence-electron chi connectivity index (χ3n) is 3.69. The van der Waals surface area contributed by atoms with Crippen molar-refractivity contribution in [2.24, 2.45) is 5.92 Å². The number of aliphatic hydroxyl groups excluding tert-OH is 1. The second-order valence-corrected chi connectivity index (χ2v) is 6.94. The first-order chi connectivity index (χ1) is 9.81. The highest BCUT2D eigenvalue weighted by molar-refractivity contribution is 5.78. The van der Waals surface area contributed by atoms with E-state index in [1.54, 1.807) is 0 Å². The van der Waals surface area contributed by atoms with Crippen molar-refractivity contribution in [2.75, 3.05) is 32.8 Å². The van der Waals surface area contributed by atoms with Crippen LogP contribution in [-0.4, -0.2) is 60.4 Å². The van der Waals surface area contributed by atoms with E-state index in [2.05, 4.69) is 17.1 Å². The van der Waals surface area contributed by atoms with Crippen LogP contribution in [0.5, 0.6) is 0 Å². The number of aliphatic hydroxyl groups is 1. The summed E-state index contributed by atoms with van der Waals surface area (Å²) < 4.78 is 5.60. The van der Waals surface area contributed by atoms with Crippen molar-refractivity contribution in [3.05, 3.63) is 0 Å². The molecule has 0 aromatic rings. The molecule has 0 bridgehead atoms. The monoisotopic (exact) mass is 300 g/mol. The summed E-state index contributed by atoms with van der Waals surface area (Å²) in [5.41, 5.74) is -0.217. The molecule has 1 fully saturated rings. The summed E-state index contributed by atoms with van der Waals surface area (Å²) in [5, 5.41) is 13.0. The highest BCUT2D eigenvalue weighted by Crippen LogP contribution is 2.18. The number of likely N-dealkylation sites (tertiary alicyclic amines) is 1. The Hall–Kier alpha value is -0.650. The summed E-state index contributed by atoms with van der Waals surface area (Å²) in [5.74, 6) is 0.323. The van der Waals surface area contributed by atoms with E-state index in [-0.39, 0.29) is 17.4 Å². The Bertz CT molecular complexity index is 307. The highest BCUT2D eigenvalue weighted by atomic mass is 16.5. The van der Waals surface area contributed by atoms with E-state index in [0.29, 0.717) is 13.2 Å². The average molecular weight is 300 g/mol. The van der Waals surface area contributed by atoms with E-state index in [0.717, 1.165) is 38.9 Å². The van der Waals surface area contributed by atoms with Crippen LogP contribution in [-0.2, 0) is 9.53 Å². The first-order valence-corrected chi connectivity index (χ1v) is 8.14. The molecule has 0 aromatic carbocycles. The van der Waals surface area contributed by atoms with Crippen LogP contribution in [0.25, 0.3) is 0 Å². The van der Waals surface area contributed by atoms with Crippen molar-refractivity contribution in [2.45, 2.75) is 58.7 Å². The minimum atomic E-state index is -0.463. The van der Waals surface area contributed by atoms with E-state index in [9.17, 15) is 9.90 Å². The quantitative estimate of drug-likeness (QED) is 0.746. The number of rotatable bonds is 7. The predicted octanol–water partition coefficient (Wildman–Crippen LogP) is 1.40. The van der Waals surface area contributed by atoms with Gasteiger partial charge < -0.3 is 20.1 Å². The van der Waals surface area contributed by atoms with Crippen molar-refractivity contribution < 1.29 is 14.6 Å². The van der Waals surface area contributed by atoms with Crippen molar-refractivity contribution in [1.82, 2.24) is 10.2 Å². The standard InChI is InChI=1S/C16H32N2O3/c1-5-8-17-15(20)13-6-9-18(10-7-13)11-14(19)12-21-16(2,3)4/h13-14,19H,5-12H2,1-4H3,(H,17,20). The van der Waals surface area contributed by atoms with Crippen molar-refractivity contribution in [3.63, 3.8) is 0 Å². The molecule has 0 radical (unpaired) electrons. The Labute approximate surface area is 129 Å². The number of piperidine rings is 1. The molecule has 0 aromatic heterocycles. The van der Waals surface area contributed by atoms with Crippen molar-refractivity contribution in [1.29, 1.82) is 0 Å². The van der Waals surface area contributed by atoms with Crippen LogP contribution in [0.1, 0.15) is 47.0 Å². The van der Waals surface area contributed by atoms with Crippen LogP contribution in [0.2, 0.25) is 0 Å². The number of carbonyl (C=O) groups is 1. The Balaban J connectivity index is 2.22. The van der Waals surface area contributed by atoms with Gasteiger partial charge in [0.2, 0.25) is 5.91 Å². The summed E-state index contributed by atoms with van der Waals surface area (Å²) >= 11 is 0. The van der Waals surface area contributed by atoms with Crippen LogP contribution < -0.4 is 5.32 Å². The molecule has 0 aliphatic carbocycles. The van der Waals surface area contributed by atoms with Gasteiger partial charge in [0.05, 0.1) is 18.3 Å². The summed E-state index contributed by atoms with van der Waals surface area (Å²) in [6, 6.07) is 0. The molecule has 1 saturated heterocycles. The largest absolute Gasteiger partial charge is 0.389 e. The molecule has 21 heavy (non-hydrogen) atoms. The smallest absolute Gasteiger partial charge is 0.223 e. The molecule has 2 N–H and O–H groups in total. The second-order valence-electron chi connectivity index (χ2n) is 6.94. The molecule has 1 heterocycles. The molecule has 124 valence electrons. The van der Waals surface area contributed by atoms with Crippen molar-refractivity contribution in [3.8, 4) is 0 Å². The van der Waals surface area contributed by atoms with Gasteiger partial charge in [-0.15, -0.1) is 0 Å².